The third-order valence-electron chi connectivity index (χ3n) is 8.69. The Morgan fingerprint density at radius 2 is 1.48 bits per heavy atom. The van der Waals surface area contributed by atoms with E-state index in [4.69, 9.17) is 0 Å². The minimum atomic E-state index is 0.113. The van der Waals surface area contributed by atoms with Gasteiger partial charge in [-0.1, -0.05) is 105 Å². The lowest BCUT2D eigenvalue weighted by Gasteiger charge is -2.23. The first kappa shape index (κ1) is 26.0. The summed E-state index contributed by atoms with van der Waals surface area (Å²) in [7, 11) is 2.22. The van der Waals surface area contributed by atoms with E-state index in [0.29, 0.717) is 0 Å². The highest BCUT2D eigenvalue weighted by atomic mass is 127. The van der Waals surface area contributed by atoms with Gasteiger partial charge in [-0.05, 0) is 71.0 Å². The van der Waals surface area contributed by atoms with Crippen LogP contribution in [0.2, 0.25) is 0 Å². The average Bonchev–Trinajstić information content (AvgIpc) is 3.18. The van der Waals surface area contributed by atoms with Gasteiger partial charge in [-0.3, -0.25) is 0 Å². The van der Waals surface area contributed by atoms with Crippen molar-refractivity contribution in [3.8, 4) is 0 Å². The summed E-state index contributed by atoms with van der Waals surface area (Å²) in [5.41, 5.74) is 11.2. The molecule has 0 aliphatic carbocycles. The quantitative estimate of drug-likeness (QED) is 0.0600. The summed E-state index contributed by atoms with van der Waals surface area (Å²) < 4.78 is 5.13. The summed E-state index contributed by atoms with van der Waals surface area (Å²) in [5, 5.41) is 9.54. The second-order valence-electron chi connectivity index (χ2n) is 13.9. The third-order valence-corrected chi connectivity index (χ3v) is 9.07. The Bertz CT molecular complexity index is 2150. The lowest BCUT2D eigenvalue weighted by molar-refractivity contribution is -0.643. The van der Waals surface area contributed by atoms with E-state index in [0.717, 1.165) is 12.8 Å². The van der Waals surface area contributed by atoms with Crippen LogP contribution in [0.5, 0.6) is 0 Å². The van der Waals surface area contributed by atoms with Crippen molar-refractivity contribution in [3.05, 3.63) is 83.0 Å². The van der Waals surface area contributed by atoms with E-state index >= 15 is 0 Å². The molecule has 2 nitrogen and oxygen atoms in total. The largest absolute Gasteiger partial charge is 0.307 e. The molecule has 3 heteroatoms. The van der Waals surface area contributed by atoms with Crippen molar-refractivity contribution in [1.29, 1.82) is 0 Å². The van der Waals surface area contributed by atoms with Gasteiger partial charge in [0.25, 0.3) is 0 Å². The third kappa shape index (κ3) is 3.83. The number of halogens is 1. The van der Waals surface area contributed by atoms with Gasteiger partial charge in [-0.2, -0.15) is 0 Å². The van der Waals surface area contributed by atoms with Crippen LogP contribution in [0, 0.1) is 19.3 Å². The van der Waals surface area contributed by atoms with Crippen LogP contribution in [-0.4, -0.2) is 7.82 Å². The molecule has 40 heavy (non-hydrogen) atoms. The van der Waals surface area contributed by atoms with E-state index in [2.05, 4.69) is 148 Å². The summed E-state index contributed by atoms with van der Waals surface area (Å²) >= 11 is 2.65. The zero-order valence-electron chi connectivity index (χ0n) is 25.0. The molecular formula is C37H38IN2+. The smallest absolute Gasteiger partial charge is 0.224 e. The summed E-state index contributed by atoms with van der Waals surface area (Å²) in [6.07, 6.45) is 4.30. The minimum absolute atomic E-state index is 0.113. The molecule has 0 unspecified atom stereocenters. The molecule has 3 aromatic heterocycles. The molecule has 0 N–H and O–H groups in total. The van der Waals surface area contributed by atoms with Crippen molar-refractivity contribution in [1.82, 2.24) is 4.40 Å². The molecule has 0 bridgehead atoms. The molecule has 0 atom stereocenters. The minimum Gasteiger partial charge on any atom is -0.307 e. The Labute approximate surface area is 250 Å². The first-order valence-electron chi connectivity index (χ1n) is 14.5. The highest BCUT2D eigenvalue weighted by molar-refractivity contribution is 14.1. The Balaban J connectivity index is 1.85. The molecule has 0 amide bonds. The van der Waals surface area contributed by atoms with Gasteiger partial charge in [0, 0.05) is 20.3 Å². The fourth-order valence-electron chi connectivity index (χ4n) is 7.21. The SMILES string of the molecule is Cc1ccc2c(C)c3c(c(CC(C)(C)I)c2c1)n1c2cc(CC(C)(C)C)ccc2c2ccc4cc[n+](C)c3c4c21. The maximum absolute atomic E-state index is 2.66. The van der Waals surface area contributed by atoms with Crippen LogP contribution < -0.4 is 4.57 Å². The lowest BCUT2D eigenvalue weighted by atomic mass is 9.88. The molecule has 0 radical (unpaired) electrons. The van der Waals surface area contributed by atoms with Crippen LogP contribution in [0.3, 0.4) is 0 Å². The van der Waals surface area contributed by atoms with Crippen LogP contribution >= 0.6 is 22.6 Å². The lowest BCUT2D eigenvalue weighted by Crippen LogP contribution is -2.29. The van der Waals surface area contributed by atoms with Gasteiger partial charge in [0.2, 0.25) is 5.52 Å². The van der Waals surface area contributed by atoms with Crippen molar-refractivity contribution in [2.75, 3.05) is 0 Å². The molecule has 202 valence electrons. The number of benzene rings is 4. The molecule has 7 rings (SSSR count). The Kier molecular flexibility index (Phi) is 5.56. The maximum Gasteiger partial charge on any atom is 0.224 e. The molecule has 0 aliphatic rings. The van der Waals surface area contributed by atoms with E-state index in [1.807, 2.05) is 0 Å². The van der Waals surface area contributed by atoms with Crippen molar-refractivity contribution in [2.45, 2.75) is 64.7 Å². The van der Waals surface area contributed by atoms with Crippen LogP contribution in [-0.2, 0) is 19.9 Å². The molecule has 4 aromatic carbocycles. The standard InChI is InChI=1S/C37H38IN2/c1-21-9-12-25-22(2)31-34(29(28(25)17-21)20-37(6,7)38)40-30-18-23(19-36(3,4)5)10-13-26(30)27-14-11-24-15-16-39(8)35(31)32(24)33(27)40/h9-18H,19-20H2,1-8H3/q+1. The number of fused-ring (bicyclic) bond motifs is 7. The normalized spacial score (nSPS) is 13.3. The number of hydrogen-bond donors (Lipinski definition) is 0. The van der Waals surface area contributed by atoms with Crippen LogP contribution in [0.15, 0.2) is 60.8 Å². The van der Waals surface area contributed by atoms with Gasteiger partial charge in [-0.25, -0.2) is 4.57 Å². The molecular weight excluding hydrogens is 599 g/mol. The molecule has 0 aliphatic heterocycles. The highest BCUT2D eigenvalue weighted by Crippen LogP contribution is 2.45. The first-order chi connectivity index (χ1) is 18.8. The number of alkyl halides is 1. The van der Waals surface area contributed by atoms with Crippen molar-refractivity contribution < 1.29 is 4.57 Å². The maximum atomic E-state index is 2.66. The summed E-state index contributed by atoms with van der Waals surface area (Å²) in [6.45, 7) is 16.3. The average molecular weight is 638 g/mol. The predicted molar refractivity (Wildman–Crippen MR) is 182 cm³/mol. The Hall–Kier alpha value is -2.92. The fraction of sp³-hybridized carbons (Fsp3) is 0.324. The van der Waals surface area contributed by atoms with Gasteiger partial charge in [-0.15, -0.1) is 0 Å². The Morgan fingerprint density at radius 3 is 2.20 bits per heavy atom. The van der Waals surface area contributed by atoms with Gasteiger partial charge >= 0.3 is 0 Å². The van der Waals surface area contributed by atoms with E-state index in [9.17, 15) is 0 Å². The van der Waals surface area contributed by atoms with Gasteiger partial charge in [0.1, 0.15) is 7.05 Å². The number of aryl methyl sites for hydroxylation is 3. The second kappa shape index (κ2) is 8.55. The zero-order chi connectivity index (χ0) is 28.3. The number of hydrogen-bond acceptors (Lipinski definition) is 0. The number of nitrogens with zero attached hydrogens (tertiary/aromatic N) is 2. The second-order valence-corrected chi connectivity index (χ2v) is 16.8. The number of rotatable bonds is 3. The molecule has 7 aromatic rings. The van der Waals surface area contributed by atoms with E-state index < -0.39 is 0 Å². The van der Waals surface area contributed by atoms with Crippen molar-refractivity contribution in [2.24, 2.45) is 12.5 Å². The summed E-state index contributed by atoms with van der Waals surface area (Å²) in [4.78, 5) is 0. The number of pyridine rings is 2. The highest BCUT2D eigenvalue weighted by Gasteiger charge is 2.29. The zero-order valence-corrected chi connectivity index (χ0v) is 27.1. The van der Waals surface area contributed by atoms with E-state index in [1.165, 1.54) is 82.0 Å². The molecule has 0 spiro atoms. The van der Waals surface area contributed by atoms with Crippen LogP contribution in [0.1, 0.15) is 56.9 Å². The fourth-order valence-corrected chi connectivity index (χ4v) is 7.60. The number of aromatic nitrogens is 2. The van der Waals surface area contributed by atoms with Crippen molar-refractivity contribution in [3.63, 3.8) is 0 Å². The van der Waals surface area contributed by atoms with Gasteiger partial charge in [0.15, 0.2) is 6.20 Å². The molecule has 0 saturated carbocycles. The van der Waals surface area contributed by atoms with Crippen LogP contribution in [0.4, 0.5) is 0 Å². The van der Waals surface area contributed by atoms with Gasteiger partial charge < -0.3 is 4.40 Å². The summed E-state index contributed by atoms with van der Waals surface area (Å²) in [6, 6.07) is 21.3. The summed E-state index contributed by atoms with van der Waals surface area (Å²) in [5.74, 6) is 0. The van der Waals surface area contributed by atoms with Crippen LogP contribution in [0.25, 0.3) is 59.8 Å². The molecule has 0 saturated heterocycles. The van der Waals surface area contributed by atoms with Gasteiger partial charge in [0.05, 0.1) is 27.3 Å². The molecule has 0 fully saturated rings. The topological polar surface area (TPSA) is 8.29 Å². The van der Waals surface area contributed by atoms with E-state index in [-0.39, 0.29) is 8.84 Å². The van der Waals surface area contributed by atoms with Crippen molar-refractivity contribution >= 4 is 82.4 Å². The van der Waals surface area contributed by atoms with E-state index in [1.54, 1.807) is 0 Å². The first-order valence-corrected chi connectivity index (χ1v) is 15.5. The monoisotopic (exact) mass is 637 g/mol. The molecule has 3 heterocycles. The predicted octanol–water partition coefficient (Wildman–Crippen LogP) is 9.93. The Morgan fingerprint density at radius 1 is 0.750 bits per heavy atom.